The third-order valence-corrected chi connectivity index (χ3v) is 2.75. The molecule has 102 valence electrons. The highest BCUT2D eigenvalue weighted by atomic mass is 32.1. The Kier molecular flexibility index (Phi) is 5.14. The molecule has 20 heavy (non-hydrogen) atoms. The Morgan fingerprint density at radius 3 is 2.55 bits per heavy atom. The van der Waals surface area contributed by atoms with E-state index in [1.165, 1.54) is 0 Å². The van der Waals surface area contributed by atoms with E-state index in [-0.39, 0.29) is 0 Å². The quantitative estimate of drug-likeness (QED) is 0.510. The summed E-state index contributed by atoms with van der Waals surface area (Å²) in [5.41, 5.74) is 5.29. The molecule has 2 aromatic heterocycles. The van der Waals surface area contributed by atoms with Crippen molar-refractivity contribution in [1.82, 2.24) is 20.7 Å². The van der Waals surface area contributed by atoms with Crippen LogP contribution in [0.25, 0.3) is 0 Å². The van der Waals surface area contributed by atoms with E-state index in [9.17, 15) is 0 Å². The summed E-state index contributed by atoms with van der Waals surface area (Å²) < 4.78 is 0. The molecule has 0 aliphatic rings. The van der Waals surface area contributed by atoms with Gasteiger partial charge in [-0.3, -0.25) is 15.4 Å². The lowest BCUT2D eigenvalue weighted by atomic mass is 10.3. The second-order valence-electron chi connectivity index (χ2n) is 4.03. The van der Waals surface area contributed by atoms with Gasteiger partial charge in [0.2, 0.25) is 0 Å². The van der Waals surface area contributed by atoms with Crippen molar-refractivity contribution in [3.05, 3.63) is 60.2 Å². The van der Waals surface area contributed by atoms with Crippen molar-refractivity contribution < 1.29 is 0 Å². The Morgan fingerprint density at radius 1 is 1.15 bits per heavy atom. The molecular weight excluding hydrogens is 270 g/mol. The van der Waals surface area contributed by atoms with Crippen molar-refractivity contribution >= 4 is 23.0 Å². The van der Waals surface area contributed by atoms with Crippen molar-refractivity contribution in [3.8, 4) is 0 Å². The SMILES string of the molecule is CC(=NNC(=S)NCc1ccccn1)c1ccccn1. The third-order valence-electron chi connectivity index (χ3n) is 2.52. The molecule has 0 fully saturated rings. The lowest BCUT2D eigenvalue weighted by Crippen LogP contribution is -2.32. The summed E-state index contributed by atoms with van der Waals surface area (Å²) in [7, 11) is 0. The molecule has 0 saturated carbocycles. The lowest BCUT2D eigenvalue weighted by Gasteiger charge is -2.07. The van der Waals surface area contributed by atoms with E-state index in [1.54, 1.807) is 12.4 Å². The number of hydrogen-bond donors (Lipinski definition) is 2. The molecule has 5 nitrogen and oxygen atoms in total. The van der Waals surface area contributed by atoms with Crippen LogP contribution >= 0.6 is 12.2 Å². The van der Waals surface area contributed by atoms with E-state index in [0.717, 1.165) is 17.1 Å². The predicted octanol–water partition coefficient (Wildman–Crippen LogP) is 1.86. The van der Waals surface area contributed by atoms with Crippen LogP contribution in [0.3, 0.4) is 0 Å². The standard InChI is InChI=1S/C14H15N5S/c1-11(13-7-3-5-9-16-13)18-19-14(20)17-10-12-6-2-4-8-15-12/h2-9H,10H2,1H3,(H2,17,19,20). The molecule has 0 saturated heterocycles. The fourth-order valence-electron chi connectivity index (χ4n) is 1.48. The summed E-state index contributed by atoms with van der Waals surface area (Å²) in [6.45, 7) is 2.43. The van der Waals surface area contributed by atoms with E-state index < -0.39 is 0 Å². The molecule has 2 aromatic rings. The fraction of sp³-hybridized carbons (Fsp3) is 0.143. The summed E-state index contributed by atoms with van der Waals surface area (Å²) in [6, 6.07) is 11.4. The van der Waals surface area contributed by atoms with Gasteiger partial charge in [-0.2, -0.15) is 5.10 Å². The molecule has 2 rings (SSSR count). The number of thiocarbonyl (C=S) groups is 1. The minimum atomic E-state index is 0.450. The van der Waals surface area contributed by atoms with Gasteiger partial charge in [0.1, 0.15) is 0 Å². The van der Waals surface area contributed by atoms with Crippen molar-refractivity contribution in [2.24, 2.45) is 5.10 Å². The maximum Gasteiger partial charge on any atom is 0.187 e. The highest BCUT2D eigenvalue weighted by molar-refractivity contribution is 7.80. The van der Waals surface area contributed by atoms with Crippen molar-refractivity contribution in [3.63, 3.8) is 0 Å². The lowest BCUT2D eigenvalue weighted by molar-refractivity contribution is 0.839. The summed E-state index contributed by atoms with van der Waals surface area (Å²) in [5, 5.41) is 7.67. The number of rotatable bonds is 4. The molecule has 0 atom stereocenters. The first kappa shape index (κ1) is 14.1. The van der Waals surface area contributed by atoms with Gasteiger partial charge in [-0.1, -0.05) is 12.1 Å². The summed E-state index contributed by atoms with van der Waals surface area (Å²) in [5.74, 6) is 0. The predicted molar refractivity (Wildman–Crippen MR) is 83.3 cm³/mol. The van der Waals surface area contributed by atoms with Crippen LogP contribution in [0.4, 0.5) is 0 Å². The monoisotopic (exact) mass is 285 g/mol. The Hall–Kier alpha value is -2.34. The van der Waals surface area contributed by atoms with E-state index in [1.807, 2.05) is 43.3 Å². The first-order valence-electron chi connectivity index (χ1n) is 6.15. The Balaban J connectivity index is 1.83. The minimum absolute atomic E-state index is 0.450. The second kappa shape index (κ2) is 7.30. The molecule has 0 spiro atoms. The highest BCUT2D eigenvalue weighted by Gasteiger charge is 1.99. The van der Waals surface area contributed by atoms with E-state index in [2.05, 4.69) is 25.8 Å². The molecule has 0 radical (unpaired) electrons. The number of hydrogen-bond acceptors (Lipinski definition) is 4. The van der Waals surface area contributed by atoms with Crippen LogP contribution in [-0.2, 0) is 6.54 Å². The highest BCUT2D eigenvalue weighted by Crippen LogP contribution is 1.95. The zero-order valence-corrected chi connectivity index (χ0v) is 11.9. The molecule has 2 heterocycles. The Morgan fingerprint density at radius 2 is 1.90 bits per heavy atom. The van der Waals surface area contributed by atoms with Crippen LogP contribution in [0, 0.1) is 0 Å². The van der Waals surface area contributed by atoms with Crippen molar-refractivity contribution in [2.75, 3.05) is 0 Å². The van der Waals surface area contributed by atoms with Crippen molar-refractivity contribution in [2.45, 2.75) is 13.5 Å². The topological polar surface area (TPSA) is 62.2 Å². The van der Waals surface area contributed by atoms with Gasteiger partial charge < -0.3 is 5.32 Å². The van der Waals surface area contributed by atoms with Gasteiger partial charge in [-0.25, -0.2) is 0 Å². The van der Waals surface area contributed by atoms with Crippen LogP contribution in [0.5, 0.6) is 0 Å². The number of hydrazone groups is 1. The fourth-order valence-corrected chi connectivity index (χ4v) is 1.60. The van der Waals surface area contributed by atoms with Gasteiger partial charge in [-0.15, -0.1) is 0 Å². The summed E-state index contributed by atoms with van der Waals surface area (Å²) >= 11 is 5.14. The van der Waals surface area contributed by atoms with Crippen LogP contribution in [0.1, 0.15) is 18.3 Å². The van der Waals surface area contributed by atoms with E-state index in [4.69, 9.17) is 12.2 Å². The van der Waals surface area contributed by atoms with Crippen molar-refractivity contribution in [1.29, 1.82) is 0 Å². The molecule has 0 unspecified atom stereocenters. The number of nitrogens with zero attached hydrogens (tertiary/aromatic N) is 3. The van der Waals surface area contributed by atoms with Crippen LogP contribution in [-0.4, -0.2) is 20.8 Å². The molecule has 0 bridgehead atoms. The maximum absolute atomic E-state index is 5.14. The number of aromatic nitrogens is 2. The van der Waals surface area contributed by atoms with Gasteiger partial charge in [0.05, 0.1) is 23.6 Å². The van der Waals surface area contributed by atoms with E-state index >= 15 is 0 Å². The molecule has 0 aliphatic carbocycles. The number of pyridine rings is 2. The van der Waals surface area contributed by atoms with Crippen LogP contribution in [0.15, 0.2) is 53.9 Å². The maximum atomic E-state index is 5.14. The average molecular weight is 285 g/mol. The summed E-state index contributed by atoms with van der Waals surface area (Å²) in [4.78, 5) is 8.40. The molecule has 0 aromatic carbocycles. The average Bonchev–Trinajstić information content (AvgIpc) is 2.52. The Bertz CT molecular complexity index is 583. The molecule has 0 aliphatic heterocycles. The van der Waals surface area contributed by atoms with Gasteiger partial charge >= 0.3 is 0 Å². The zero-order valence-electron chi connectivity index (χ0n) is 11.1. The normalized spacial score (nSPS) is 10.9. The number of nitrogens with one attached hydrogen (secondary N) is 2. The smallest absolute Gasteiger partial charge is 0.187 e. The van der Waals surface area contributed by atoms with Crippen LogP contribution < -0.4 is 10.7 Å². The summed E-state index contributed by atoms with van der Waals surface area (Å²) in [6.07, 6.45) is 3.48. The van der Waals surface area contributed by atoms with E-state index in [0.29, 0.717) is 11.7 Å². The van der Waals surface area contributed by atoms with Gasteiger partial charge in [0.15, 0.2) is 5.11 Å². The van der Waals surface area contributed by atoms with Gasteiger partial charge in [0, 0.05) is 12.4 Å². The second-order valence-corrected chi connectivity index (χ2v) is 4.44. The van der Waals surface area contributed by atoms with Crippen LogP contribution in [0.2, 0.25) is 0 Å². The molecule has 6 heteroatoms. The first-order chi connectivity index (χ1) is 9.75. The minimum Gasteiger partial charge on any atom is -0.356 e. The molecular formula is C14H15N5S. The largest absolute Gasteiger partial charge is 0.356 e. The zero-order chi connectivity index (χ0) is 14.2. The van der Waals surface area contributed by atoms with Gasteiger partial charge in [-0.05, 0) is 43.4 Å². The third kappa shape index (κ3) is 4.40. The van der Waals surface area contributed by atoms with Gasteiger partial charge in [0.25, 0.3) is 0 Å². The Labute approximate surface area is 123 Å². The molecule has 0 amide bonds. The first-order valence-corrected chi connectivity index (χ1v) is 6.56. The molecule has 2 N–H and O–H groups in total.